The van der Waals surface area contributed by atoms with Crippen molar-refractivity contribution in [2.45, 2.75) is 44.7 Å². The molecule has 2 aromatic carbocycles. The van der Waals surface area contributed by atoms with E-state index in [0.29, 0.717) is 36.3 Å². The molecule has 1 aromatic heterocycles. The van der Waals surface area contributed by atoms with Crippen LogP contribution in [0.15, 0.2) is 60.8 Å². The Morgan fingerprint density at radius 3 is 2.53 bits per heavy atom. The lowest BCUT2D eigenvalue weighted by Crippen LogP contribution is -2.52. The van der Waals surface area contributed by atoms with Gasteiger partial charge in [-0.25, -0.2) is 0 Å². The van der Waals surface area contributed by atoms with Crippen LogP contribution in [-0.4, -0.2) is 45.6 Å². The minimum Gasteiger partial charge on any atom is -0.322 e. The predicted octanol–water partition coefficient (Wildman–Crippen LogP) is 4.16. The van der Waals surface area contributed by atoms with Gasteiger partial charge < -0.3 is 4.90 Å². The van der Waals surface area contributed by atoms with Crippen molar-refractivity contribution >= 4 is 17.7 Å². The van der Waals surface area contributed by atoms with Gasteiger partial charge in [-0.15, -0.1) is 0 Å². The molecule has 1 N–H and O–H groups in total. The van der Waals surface area contributed by atoms with Crippen LogP contribution in [0.25, 0.3) is 11.3 Å². The molecule has 0 saturated carbocycles. The van der Waals surface area contributed by atoms with E-state index in [1.807, 2.05) is 36.2 Å². The maximum absolute atomic E-state index is 13.0. The molecule has 3 heterocycles. The van der Waals surface area contributed by atoms with E-state index >= 15 is 0 Å². The summed E-state index contributed by atoms with van der Waals surface area (Å²) in [5.74, 6) is -1.02. The van der Waals surface area contributed by atoms with Crippen molar-refractivity contribution in [2.75, 3.05) is 7.05 Å². The van der Waals surface area contributed by atoms with Gasteiger partial charge in [0.05, 0.1) is 11.3 Å². The predicted molar refractivity (Wildman–Crippen MR) is 132 cm³/mol. The minimum absolute atomic E-state index is 0.195. The Bertz CT molecular complexity index is 1420. The molecule has 1 saturated heterocycles. The topological polar surface area (TPSA) is 82.6 Å². The van der Waals surface area contributed by atoms with Crippen molar-refractivity contribution in [1.82, 2.24) is 20.1 Å². The maximum atomic E-state index is 13.0. The Balaban J connectivity index is 1.29. The van der Waals surface area contributed by atoms with E-state index in [1.54, 1.807) is 18.3 Å². The number of pyridine rings is 1. The van der Waals surface area contributed by atoms with Crippen molar-refractivity contribution < 1.29 is 27.6 Å². The van der Waals surface area contributed by atoms with Gasteiger partial charge in [-0.1, -0.05) is 24.3 Å². The van der Waals surface area contributed by atoms with E-state index in [9.17, 15) is 27.6 Å². The average molecular weight is 523 g/mol. The van der Waals surface area contributed by atoms with E-state index < -0.39 is 23.7 Å². The highest BCUT2D eigenvalue weighted by atomic mass is 19.4. The lowest BCUT2D eigenvalue weighted by molar-refractivity contribution is -0.138. The number of nitrogens with zero attached hydrogens (tertiary/aromatic N) is 3. The van der Waals surface area contributed by atoms with Crippen LogP contribution in [0.1, 0.15) is 45.5 Å². The summed E-state index contributed by atoms with van der Waals surface area (Å²) in [6.07, 6.45) is -2.21. The largest absolute Gasteiger partial charge is 0.416 e. The Hall–Kier alpha value is -4.05. The highest BCUT2D eigenvalue weighted by Gasteiger charge is 2.39. The van der Waals surface area contributed by atoms with E-state index in [1.165, 1.54) is 17.0 Å². The molecule has 0 spiro atoms. The molecule has 3 aromatic rings. The number of aromatic nitrogens is 1. The number of alkyl halides is 3. The number of benzene rings is 2. The first kappa shape index (κ1) is 25.6. The van der Waals surface area contributed by atoms with Gasteiger partial charge in [-0.3, -0.25) is 29.6 Å². The number of hydrogen-bond acceptors (Lipinski definition) is 5. The molecule has 10 heteroatoms. The molecule has 0 radical (unpaired) electrons. The smallest absolute Gasteiger partial charge is 0.322 e. The van der Waals surface area contributed by atoms with Crippen molar-refractivity contribution in [1.29, 1.82) is 0 Å². The van der Waals surface area contributed by atoms with Gasteiger partial charge in [0, 0.05) is 43.4 Å². The van der Waals surface area contributed by atoms with Crippen LogP contribution in [0.3, 0.4) is 0 Å². The zero-order chi connectivity index (χ0) is 27.0. The molecule has 7 nitrogen and oxygen atoms in total. The molecule has 38 heavy (non-hydrogen) atoms. The number of imide groups is 1. The third-order valence-corrected chi connectivity index (χ3v) is 6.80. The van der Waals surface area contributed by atoms with Crippen molar-refractivity contribution in [3.63, 3.8) is 0 Å². The van der Waals surface area contributed by atoms with E-state index in [4.69, 9.17) is 0 Å². The summed E-state index contributed by atoms with van der Waals surface area (Å²) in [4.78, 5) is 44.6. The molecule has 0 aliphatic carbocycles. The number of fused-ring (bicyclic) bond motifs is 1. The number of carbonyl (C=O) groups is 3. The molecule has 2 aliphatic heterocycles. The third kappa shape index (κ3) is 5.31. The Labute approximate surface area is 217 Å². The van der Waals surface area contributed by atoms with Crippen LogP contribution >= 0.6 is 0 Å². The number of rotatable bonds is 6. The first-order valence-electron chi connectivity index (χ1n) is 12.2. The molecular weight excluding hydrogens is 497 g/mol. The SMILES string of the molecule is CN(Cc1cccc(C(F)(F)F)c1)Cc1ccnc(-c2ccc3c(c2)CN(C2CCC(=O)NC2=O)C3=O)c1. The molecular formula is C28H25F3N4O3. The third-order valence-electron chi connectivity index (χ3n) is 6.80. The summed E-state index contributed by atoms with van der Waals surface area (Å²) in [5.41, 5.74) is 3.66. The summed E-state index contributed by atoms with van der Waals surface area (Å²) in [5, 5.41) is 2.30. The number of carbonyl (C=O) groups excluding carboxylic acids is 3. The molecule has 1 fully saturated rings. The molecule has 1 atom stereocenters. The summed E-state index contributed by atoms with van der Waals surface area (Å²) in [6, 6.07) is 13.8. The molecule has 3 amide bonds. The van der Waals surface area contributed by atoms with Crippen LogP contribution in [0.5, 0.6) is 0 Å². The summed E-state index contributed by atoms with van der Waals surface area (Å²) in [6.45, 7) is 1.12. The van der Waals surface area contributed by atoms with E-state index in [0.717, 1.165) is 22.8 Å². The van der Waals surface area contributed by atoms with Crippen molar-refractivity contribution in [3.8, 4) is 11.3 Å². The summed E-state index contributed by atoms with van der Waals surface area (Å²) in [7, 11) is 1.84. The van der Waals surface area contributed by atoms with Gasteiger partial charge in [-0.2, -0.15) is 13.2 Å². The van der Waals surface area contributed by atoms with Crippen molar-refractivity contribution in [2.24, 2.45) is 0 Å². The fraction of sp³-hybridized carbons (Fsp3) is 0.286. The quantitative estimate of drug-likeness (QED) is 0.492. The lowest BCUT2D eigenvalue weighted by atomic mass is 10.0. The average Bonchev–Trinajstić information content (AvgIpc) is 3.19. The molecule has 0 bridgehead atoms. The second-order valence-electron chi connectivity index (χ2n) is 9.69. The highest BCUT2D eigenvalue weighted by molar-refractivity contribution is 6.05. The highest BCUT2D eigenvalue weighted by Crippen LogP contribution is 2.32. The lowest BCUT2D eigenvalue weighted by Gasteiger charge is -2.29. The number of piperidine rings is 1. The standard InChI is InChI=1S/C28H25F3N4O3/c1-34(14-17-3-2-4-21(11-17)28(29,30)31)15-18-9-10-32-23(12-18)19-5-6-22-20(13-19)16-35(27(22)38)24-7-8-25(36)33-26(24)37/h2-6,9-13,24H,7-8,14-16H2,1H3,(H,33,36,37). The Morgan fingerprint density at radius 2 is 1.79 bits per heavy atom. The molecule has 2 aliphatic rings. The number of halogens is 3. The maximum Gasteiger partial charge on any atom is 0.416 e. The Morgan fingerprint density at radius 1 is 1.03 bits per heavy atom. The number of amides is 3. The van der Waals surface area contributed by atoms with Gasteiger partial charge in [0.2, 0.25) is 11.8 Å². The summed E-state index contributed by atoms with van der Waals surface area (Å²) < 4.78 is 39.1. The minimum atomic E-state index is -4.38. The number of nitrogens with one attached hydrogen (secondary N) is 1. The van der Waals surface area contributed by atoms with Crippen LogP contribution < -0.4 is 5.32 Å². The molecule has 1 unspecified atom stereocenters. The summed E-state index contributed by atoms with van der Waals surface area (Å²) >= 11 is 0. The van der Waals surface area contributed by atoms with Gasteiger partial charge in [-0.05, 0) is 60.5 Å². The fourth-order valence-electron chi connectivity index (χ4n) is 4.99. The zero-order valence-corrected chi connectivity index (χ0v) is 20.6. The second kappa shape index (κ2) is 10.0. The zero-order valence-electron chi connectivity index (χ0n) is 20.6. The van der Waals surface area contributed by atoms with Gasteiger partial charge in [0.15, 0.2) is 0 Å². The first-order chi connectivity index (χ1) is 18.1. The van der Waals surface area contributed by atoms with Crippen LogP contribution in [0.2, 0.25) is 0 Å². The monoisotopic (exact) mass is 522 g/mol. The Kier molecular flexibility index (Phi) is 6.75. The van der Waals surface area contributed by atoms with E-state index in [-0.39, 0.29) is 24.8 Å². The molecule has 196 valence electrons. The van der Waals surface area contributed by atoms with Gasteiger partial charge in [0.25, 0.3) is 5.91 Å². The normalized spacial score (nSPS) is 17.7. The first-order valence-corrected chi connectivity index (χ1v) is 12.2. The van der Waals surface area contributed by atoms with Crippen LogP contribution in [0, 0.1) is 0 Å². The van der Waals surface area contributed by atoms with Gasteiger partial charge >= 0.3 is 6.18 Å². The molecule has 5 rings (SSSR count). The van der Waals surface area contributed by atoms with Gasteiger partial charge in [0.1, 0.15) is 6.04 Å². The van der Waals surface area contributed by atoms with Crippen LogP contribution in [-0.2, 0) is 35.4 Å². The van der Waals surface area contributed by atoms with Crippen LogP contribution in [0.4, 0.5) is 13.2 Å². The van der Waals surface area contributed by atoms with E-state index in [2.05, 4.69) is 10.3 Å². The number of hydrogen-bond donors (Lipinski definition) is 1. The second-order valence-corrected chi connectivity index (χ2v) is 9.69. The van der Waals surface area contributed by atoms with Crippen molar-refractivity contribution in [3.05, 3.63) is 88.6 Å². The fourth-order valence-corrected chi connectivity index (χ4v) is 4.99.